The van der Waals surface area contributed by atoms with Gasteiger partial charge in [0, 0.05) is 0 Å². The summed E-state index contributed by atoms with van der Waals surface area (Å²) in [7, 11) is -4.69. The Morgan fingerprint density at radius 2 is 1.61 bits per heavy atom. The van der Waals surface area contributed by atoms with Gasteiger partial charge >= 0.3 is 11.9 Å². The predicted octanol–water partition coefficient (Wildman–Crippen LogP) is 0.539. The minimum absolute atomic E-state index is 0.0227. The fourth-order valence-electron chi connectivity index (χ4n) is 1.03. The van der Waals surface area contributed by atoms with Crippen molar-refractivity contribution in [1.82, 2.24) is 0 Å². The Balaban J connectivity index is 4.61. The quantitative estimate of drug-likeness (QED) is 0.511. The van der Waals surface area contributed by atoms with E-state index in [0.717, 1.165) is 0 Å². The van der Waals surface area contributed by atoms with Gasteiger partial charge in [-0.05, 0) is 12.8 Å². The molecule has 0 aliphatic rings. The van der Waals surface area contributed by atoms with Crippen LogP contribution in [0.15, 0.2) is 0 Å². The molecule has 0 heterocycles. The van der Waals surface area contributed by atoms with Crippen LogP contribution in [-0.4, -0.2) is 43.4 Å². The van der Waals surface area contributed by atoms with E-state index < -0.39 is 33.7 Å². The maximum atomic E-state index is 11.4. The molecule has 0 amide bonds. The molecule has 1 N–H and O–H groups in total. The van der Waals surface area contributed by atoms with E-state index in [1.165, 1.54) is 0 Å². The molecule has 0 saturated carbocycles. The van der Waals surface area contributed by atoms with Crippen molar-refractivity contribution in [3.63, 3.8) is 0 Å². The van der Waals surface area contributed by atoms with E-state index in [0.29, 0.717) is 12.8 Å². The summed E-state index contributed by atoms with van der Waals surface area (Å²) < 4.78 is 40.1. The zero-order valence-electron chi connectivity index (χ0n) is 10.4. The first-order valence-electron chi connectivity index (χ1n) is 5.61. The van der Waals surface area contributed by atoms with Gasteiger partial charge in [0.25, 0.3) is 10.1 Å². The lowest BCUT2D eigenvalue weighted by Gasteiger charge is -2.12. The monoisotopic (exact) mass is 282 g/mol. The highest BCUT2D eigenvalue weighted by Gasteiger charge is 2.35. The summed E-state index contributed by atoms with van der Waals surface area (Å²) in [6.45, 7) is 3.64. The maximum Gasteiger partial charge on any atom is 0.327 e. The van der Waals surface area contributed by atoms with Gasteiger partial charge in [-0.3, -0.25) is 14.1 Å². The van der Waals surface area contributed by atoms with Crippen LogP contribution in [-0.2, 0) is 29.2 Å². The molecule has 7 nitrogen and oxygen atoms in total. The smallest absolute Gasteiger partial charge is 0.327 e. The number of hydrogen-bond donors (Lipinski definition) is 1. The van der Waals surface area contributed by atoms with Crippen LogP contribution in [0.5, 0.6) is 0 Å². The molecule has 0 fully saturated rings. The van der Waals surface area contributed by atoms with Gasteiger partial charge in [-0.1, -0.05) is 13.8 Å². The summed E-state index contributed by atoms with van der Waals surface area (Å²) >= 11 is 0. The molecule has 1 unspecified atom stereocenters. The summed E-state index contributed by atoms with van der Waals surface area (Å²) in [5, 5.41) is -1.92. The highest BCUT2D eigenvalue weighted by atomic mass is 32.2. The Kier molecular flexibility index (Phi) is 7.53. The molecule has 18 heavy (non-hydrogen) atoms. The van der Waals surface area contributed by atoms with Crippen LogP contribution in [0.2, 0.25) is 0 Å². The summed E-state index contributed by atoms with van der Waals surface area (Å²) in [4.78, 5) is 22.6. The van der Waals surface area contributed by atoms with Crippen molar-refractivity contribution >= 4 is 22.1 Å². The normalized spacial score (nSPS) is 12.8. The largest absolute Gasteiger partial charge is 0.466 e. The van der Waals surface area contributed by atoms with Gasteiger partial charge in [0.2, 0.25) is 0 Å². The van der Waals surface area contributed by atoms with Gasteiger partial charge in [-0.2, -0.15) is 8.42 Å². The van der Waals surface area contributed by atoms with E-state index in [2.05, 4.69) is 9.47 Å². The SMILES string of the molecule is CCCOC(=O)CC(C(=O)OCCC)S(=O)(=O)O. The Morgan fingerprint density at radius 3 is 2.06 bits per heavy atom. The maximum absolute atomic E-state index is 11.4. The van der Waals surface area contributed by atoms with Gasteiger partial charge in [-0.15, -0.1) is 0 Å². The molecule has 0 aliphatic carbocycles. The van der Waals surface area contributed by atoms with E-state index in [-0.39, 0.29) is 13.2 Å². The summed E-state index contributed by atoms with van der Waals surface area (Å²) in [6.07, 6.45) is 0.328. The second-order valence-corrected chi connectivity index (χ2v) is 5.19. The molecule has 0 bridgehead atoms. The first kappa shape index (κ1) is 16.9. The van der Waals surface area contributed by atoms with Gasteiger partial charge < -0.3 is 9.47 Å². The van der Waals surface area contributed by atoms with Crippen LogP contribution >= 0.6 is 0 Å². The average Bonchev–Trinajstić information content (AvgIpc) is 2.28. The number of rotatable bonds is 8. The predicted molar refractivity (Wildman–Crippen MR) is 62.5 cm³/mol. The average molecular weight is 282 g/mol. The van der Waals surface area contributed by atoms with Crippen LogP contribution in [0.3, 0.4) is 0 Å². The van der Waals surface area contributed by atoms with Gasteiger partial charge in [-0.25, -0.2) is 0 Å². The number of ether oxygens (including phenoxy) is 2. The van der Waals surface area contributed by atoms with Crippen molar-refractivity contribution in [2.24, 2.45) is 0 Å². The second-order valence-electron chi connectivity index (χ2n) is 3.60. The molecule has 106 valence electrons. The molecule has 0 radical (unpaired) electrons. The highest BCUT2D eigenvalue weighted by Crippen LogP contribution is 2.09. The third kappa shape index (κ3) is 6.55. The topological polar surface area (TPSA) is 107 Å². The number of esters is 2. The third-order valence-electron chi connectivity index (χ3n) is 1.89. The fourth-order valence-corrected chi connectivity index (χ4v) is 1.69. The lowest BCUT2D eigenvalue weighted by Crippen LogP contribution is -2.34. The second kappa shape index (κ2) is 8.04. The molecule has 0 aromatic rings. The van der Waals surface area contributed by atoms with E-state index in [9.17, 15) is 18.0 Å². The Morgan fingerprint density at radius 1 is 1.11 bits per heavy atom. The molecule has 8 heteroatoms. The summed E-state index contributed by atoms with van der Waals surface area (Å²) in [5.74, 6) is -2.01. The van der Waals surface area contributed by atoms with Gasteiger partial charge in [0.1, 0.15) is 0 Å². The number of carbonyl (C=O) groups is 2. The number of hydrogen-bond acceptors (Lipinski definition) is 6. The molecule has 0 aromatic heterocycles. The minimum Gasteiger partial charge on any atom is -0.466 e. The molecule has 1 atom stereocenters. The van der Waals surface area contributed by atoms with Crippen LogP contribution in [0.25, 0.3) is 0 Å². The van der Waals surface area contributed by atoms with Crippen molar-refractivity contribution in [2.75, 3.05) is 13.2 Å². The third-order valence-corrected chi connectivity index (χ3v) is 2.97. The van der Waals surface area contributed by atoms with Crippen molar-refractivity contribution in [3.8, 4) is 0 Å². The molecular formula is C10H18O7S. The number of carbonyl (C=O) groups excluding carboxylic acids is 2. The van der Waals surface area contributed by atoms with Crippen molar-refractivity contribution in [1.29, 1.82) is 0 Å². The van der Waals surface area contributed by atoms with Gasteiger partial charge in [0.05, 0.1) is 19.6 Å². The van der Waals surface area contributed by atoms with E-state index in [1.54, 1.807) is 13.8 Å². The van der Waals surface area contributed by atoms with E-state index >= 15 is 0 Å². The van der Waals surface area contributed by atoms with Crippen LogP contribution in [0.4, 0.5) is 0 Å². The molecule has 0 spiro atoms. The zero-order valence-corrected chi connectivity index (χ0v) is 11.2. The Labute approximate surface area is 106 Å². The highest BCUT2D eigenvalue weighted by molar-refractivity contribution is 7.87. The van der Waals surface area contributed by atoms with Crippen LogP contribution in [0.1, 0.15) is 33.1 Å². The minimum atomic E-state index is -4.69. The Hall–Kier alpha value is -1.15. The fraction of sp³-hybridized carbons (Fsp3) is 0.800. The molecule has 0 aromatic carbocycles. The van der Waals surface area contributed by atoms with Crippen molar-refractivity contribution < 1.29 is 32.0 Å². The molecule has 0 saturated heterocycles. The van der Waals surface area contributed by atoms with Gasteiger partial charge in [0.15, 0.2) is 5.25 Å². The Bertz CT molecular complexity index is 374. The molecule has 0 aliphatic heterocycles. The van der Waals surface area contributed by atoms with Crippen LogP contribution < -0.4 is 0 Å². The standard InChI is InChI=1S/C10H18O7S/c1-3-5-16-9(11)7-8(18(13,14)15)10(12)17-6-4-2/h8H,3-7H2,1-2H3,(H,13,14,15). The lowest BCUT2D eigenvalue weighted by atomic mass is 10.3. The van der Waals surface area contributed by atoms with E-state index in [1.807, 2.05) is 0 Å². The van der Waals surface area contributed by atoms with Crippen molar-refractivity contribution in [2.45, 2.75) is 38.4 Å². The summed E-state index contributed by atoms with van der Waals surface area (Å²) in [6, 6.07) is 0. The lowest BCUT2D eigenvalue weighted by molar-refractivity contribution is -0.150. The zero-order chi connectivity index (χ0) is 14.2. The van der Waals surface area contributed by atoms with Crippen LogP contribution in [0, 0.1) is 0 Å². The van der Waals surface area contributed by atoms with Crippen molar-refractivity contribution in [3.05, 3.63) is 0 Å². The first-order chi connectivity index (χ1) is 8.32. The first-order valence-corrected chi connectivity index (χ1v) is 7.11. The van der Waals surface area contributed by atoms with E-state index in [4.69, 9.17) is 4.55 Å². The molecule has 0 rings (SSSR count). The molecular weight excluding hydrogens is 264 g/mol. The summed E-state index contributed by atoms with van der Waals surface area (Å²) in [5.41, 5.74) is 0.